The molecule has 132 valence electrons. The number of anilines is 2. The lowest BCUT2D eigenvalue weighted by atomic mass is 10.1. The van der Waals surface area contributed by atoms with E-state index in [1.807, 2.05) is 6.07 Å². The molecule has 2 N–H and O–H groups in total. The minimum atomic E-state index is -1.22. The Bertz CT molecular complexity index is 1010. The van der Waals surface area contributed by atoms with Gasteiger partial charge in [0.15, 0.2) is 5.82 Å². The van der Waals surface area contributed by atoms with Gasteiger partial charge in [-0.1, -0.05) is 41.4 Å². The maximum absolute atomic E-state index is 12.5. The Morgan fingerprint density at radius 3 is 2.46 bits per heavy atom. The molecule has 1 aromatic heterocycles. The highest BCUT2D eigenvalue weighted by Gasteiger charge is 2.22. The summed E-state index contributed by atoms with van der Waals surface area (Å²) in [5, 5.41) is 13.3. The molecule has 0 spiro atoms. The van der Waals surface area contributed by atoms with Gasteiger partial charge in [0.1, 0.15) is 5.56 Å². The molecule has 0 bridgehead atoms. The van der Waals surface area contributed by atoms with Gasteiger partial charge in [-0.05, 0) is 30.3 Å². The number of carboxylic acids is 1. The van der Waals surface area contributed by atoms with Gasteiger partial charge >= 0.3 is 12.0 Å². The molecule has 0 radical (unpaired) electrons. The van der Waals surface area contributed by atoms with Crippen LogP contribution < -0.4 is 10.2 Å². The highest BCUT2D eigenvalue weighted by molar-refractivity contribution is 6.38. The number of hydrogen-bond donors (Lipinski definition) is 2. The number of benzene rings is 2. The smallest absolute Gasteiger partial charge is 0.339 e. The number of amides is 2. The van der Waals surface area contributed by atoms with Crippen LogP contribution in [0, 0.1) is 0 Å². The number of nitrogens with zero attached hydrogens (tertiary/aromatic N) is 2. The van der Waals surface area contributed by atoms with Crippen LogP contribution in [0.5, 0.6) is 0 Å². The zero-order chi connectivity index (χ0) is 18.8. The molecular weight excluding hydrogens is 377 g/mol. The molecule has 0 atom stereocenters. The lowest BCUT2D eigenvalue weighted by Crippen LogP contribution is -2.33. The second-order valence-electron chi connectivity index (χ2n) is 5.48. The number of fused-ring (bicyclic) bond motifs is 1. The predicted octanol–water partition coefficient (Wildman–Crippen LogP) is 4.91. The number of pyridine rings is 1. The summed E-state index contributed by atoms with van der Waals surface area (Å²) in [6, 6.07) is 12.7. The molecule has 0 aliphatic heterocycles. The van der Waals surface area contributed by atoms with E-state index in [0.717, 1.165) is 4.90 Å². The summed E-state index contributed by atoms with van der Waals surface area (Å²) in [5.74, 6) is -1.24. The molecule has 3 aromatic rings. The molecule has 1 heterocycles. The first kappa shape index (κ1) is 18.0. The van der Waals surface area contributed by atoms with Crippen molar-refractivity contribution in [1.29, 1.82) is 0 Å². The van der Waals surface area contributed by atoms with Gasteiger partial charge in [-0.25, -0.2) is 14.6 Å². The first-order valence-corrected chi connectivity index (χ1v) is 8.25. The third kappa shape index (κ3) is 3.56. The Hall–Kier alpha value is -2.83. The monoisotopic (exact) mass is 389 g/mol. The van der Waals surface area contributed by atoms with Gasteiger partial charge in [0.05, 0.1) is 10.5 Å². The highest BCUT2D eigenvalue weighted by atomic mass is 35.5. The number of para-hydroxylation sites is 1. The topological polar surface area (TPSA) is 82.5 Å². The number of aromatic nitrogens is 1. The second-order valence-corrected chi connectivity index (χ2v) is 6.32. The van der Waals surface area contributed by atoms with Crippen molar-refractivity contribution < 1.29 is 14.7 Å². The normalized spacial score (nSPS) is 10.6. The number of carbonyl (C=O) groups excluding carboxylic acids is 1. The van der Waals surface area contributed by atoms with E-state index in [0.29, 0.717) is 21.6 Å². The fourth-order valence-electron chi connectivity index (χ4n) is 2.44. The third-order valence-corrected chi connectivity index (χ3v) is 4.20. The second kappa shape index (κ2) is 7.19. The van der Waals surface area contributed by atoms with Crippen molar-refractivity contribution >= 4 is 57.6 Å². The van der Waals surface area contributed by atoms with Crippen molar-refractivity contribution in [2.45, 2.75) is 0 Å². The van der Waals surface area contributed by atoms with E-state index in [1.54, 1.807) is 30.3 Å². The van der Waals surface area contributed by atoms with Crippen LogP contribution in [0.3, 0.4) is 0 Å². The Kier molecular flexibility index (Phi) is 4.97. The van der Waals surface area contributed by atoms with E-state index in [4.69, 9.17) is 23.2 Å². The van der Waals surface area contributed by atoms with Crippen LogP contribution in [-0.4, -0.2) is 29.1 Å². The van der Waals surface area contributed by atoms with Gasteiger partial charge in [-0.2, -0.15) is 0 Å². The number of rotatable bonds is 3. The fraction of sp³-hybridized carbons (Fsp3) is 0.0556. The first-order valence-electron chi connectivity index (χ1n) is 7.49. The predicted molar refractivity (Wildman–Crippen MR) is 103 cm³/mol. The van der Waals surface area contributed by atoms with Crippen LogP contribution in [0.15, 0.2) is 48.5 Å². The Morgan fingerprint density at radius 2 is 1.81 bits per heavy atom. The molecule has 0 aliphatic rings. The minimum Gasteiger partial charge on any atom is -0.478 e. The summed E-state index contributed by atoms with van der Waals surface area (Å²) in [6.45, 7) is 0. The lowest BCUT2D eigenvalue weighted by molar-refractivity contribution is 0.0697. The third-order valence-electron chi connectivity index (χ3n) is 3.69. The summed E-state index contributed by atoms with van der Waals surface area (Å²) in [4.78, 5) is 29.6. The molecular formula is C18H13Cl2N3O3. The van der Waals surface area contributed by atoms with E-state index in [2.05, 4.69) is 10.3 Å². The summed E-state index contributed by atoms with van der Waals surface area (Å²) in [5.41, 5.74) is 0.795. The zero-order valence-electron chi connectivity index (χ0n) is 13.5. The van der Waals surface area contributed by atoms with Gasteiger partial charge < -0.3 is 10.4 Å². The van der Waals surface area contributed by atoms with Crippen LogP contribution in [0.1, 0.15) is 10.4 Å². The lowest BCUT2D eigenvalue weighted by Gasteiger charge is -2.20. The zero-order valence-corrected chi connectivity index (χ0v) is 15.0. The maximum Gasteiger partial charge on any atom is 0.339 e. The van der Waals surface area contributed by atoms with E-state index in [-0.39, 0.29) is 16.4 Å². The molecule has 2 aromatic carbocycles. The van der Waals surface area contributed by atoms with Crippen molar-refractivity contribution in [2.75, 3.05) is 17.3 Å². The van der Waals surface area contributed by atoms with Crippen molar-refractivity contribution in [1.82, 2.24) is 4.98 Å². The van der Waals surface area contributed by atoms with Gasteiger partial charge in [0.25, 0.3) is 0 Å². The van der Waals surface area contributed by atoms with Crippen molar-refractivity contribution in [3.8, 4) is 0 Å². The van der Waals surface area contributed by atoms with E-state index in [1.165, 1.54) is 19.2 Å². The van der Waals surface area contributed by atoms with Gasteiger partial charge in [0.2, 0.25) is 0 Å². The average molecular weight is 390 g/mol. The highest BCUT2D eigenvalue weighted by Crippen LogP contribution is 2.31. The molecule has 0 aliphatic carbocycles. The minimum absolute atomic E-state index is 0.0253. The molecule has 0 unspecified atom stereocenters. The summed E-state index contributed by atoms with van der Waals surface area (Å²) in [6.07, 6.45) is 0. The van der Waals surface area contributed by atoms with Gasteiger partial charge in [-0.15, -0.1) is 0 Å². The van der Waals surface area contributed by atoms with E-state index in [9.17, 15) is 14.7 Å². The molecule has 0 fully saturated rings. The molecule has 2 amide bonds. The molecule has 6 nitrogen and oxygen atoms in total. The van der Waals surface area contributed by atoms with Crippen LogP contribution in [0.2, 0.25) is 10.0 Å². The molecule has 0 saturated carbocycles. The van der Waals surface area contributed by atoms with Gasteiger partial charge in [0, 0.05) is 23.1 Å². The van der Waals surface area contributed by atoms with Crippen molar-refractivity contribution in [3.63, 3.8) is 0 Å². The van der Waals surface area contributed by atoms with Gasteiger partial charge in [-0.3, -0.25) is 4.90 Å². The van der Waals surface area contributed by atoms with E-state index >= 15 is 0 Å². The average Bonchev–Trinajstić information content (AvgIpc) is 2.60. The number of aromatic carboxylic acids is 1. The fourth-order valence-corrected chi connectivity index (χ4v) is 2.99. The number of nitrogens with one attached hydrogen (secondary N) is 1. The quantitative estimate of drug-likeness (QED) is 0.666. The van der Waals surface area contributed by atoms with Crippen molar-refractivity contribution in [3.05, 3.63) is 64.1 Å². The molecule has 8 heteroatoms. The van der Waals surface area contributed by atoms with Crippen LogP contribution in [-0.2, 0) is 0 Å². The summed E-state index contributed by atoms with van der Waals surface area (Å²) in [7, 11) is 1.43. The number of carboxylic acid groups (broad SMARTS) is 1. The number of carbonyl (C=O) groups is 2. The Morgan fingerprint density at radius 1 is 1.12 bits per heavy atom. The first-order chi connectivity index (χ1) is 12.4. The Balaban J connectivity index is 2.05. The molecule has 0 saturated heterocycles. The number of hydrogen-bond acceptors (Lipinski definition) is 3. The molecule has 26 heavy (non-hydrogen) atoms. The van der Waals surface area contributed by atoms with Crippen LogP contribution in [0.4, 0.5) is 16.3 Å². The molecule has 3 rings (SSSR count). The van der Waals surface area contributed by atoms with Crippen LogP contribution in [0.25, 0.3) is 10.9 Å². The number of urea groups is 1. The Labute approximate surface area is 159 Å². The maximum atomic E-state index is 12.5. The largest absolute Gasteiger partial charge is 0.478 e. The van der Waals surface area contributed by atoms with E-state index < -0.39 is 12.0 Å². The van der Waals surface area contributed by atoms with Crippen molar-refractivity contribution in [2.24, 2.45) is 0 Å². The van der Waals surface area contributed by atoms with Crippen LogP contribution >= 0.6 is 23.2 Å². The summed E-state index contributed by atoms with van der Waals surface area (Å²) >= 11 is 12.1. The summed E-state index contributed by atoms with van der Waals surface area (Å²) < 4.78 is 0. The standard InChI is InChI=1S/C18H13Cl2N3O3/c1-23(18(26)21-12-5-3-2-4-6-12)16-13(17(24)25)8-10-7-11(19)9-14(20)15(10)22-16/h2-9H,1H3,(H,21,26)(H,24,25). The SMILES string of the molecule is CN(C(=O)Nc1ccccc1)c1nc2c(Cl)cc(Cl)cc2cc1C(=O)O. The number of halogens is 2.